The number of fused-ring (bicyclic) bond motifs is 2. The lowest BCUT2D eigenvalue weighted by Gasteiger charge is -2.30. The zero-order valence-electron chi connectivity index (χ0n) is 12.5. The third-order valence-corrected chi connectivity index (χ3v) is 4.81. The molecule has 1 aliphatic heterocycles. The Morgan fingerprint density at radius 3 is 3.13 bits per heavy atom. The molecule has 3 heterocycles. The van der Waals surface area contributed by atoms with Crippen molar-refractivity contribution in [2.45, 2.75) is 13.5 Å². The average molecular weight is 331 g/mol. The molecule has 7 heteroatoms. The minimum absolute atomic E-state index is 0.0728. The van der Waals surface area contributed by atoms with Crippen LogP contribution in [0.2, 0.25) is 0 Å². The van der Waals surface area contributed by atoms with Gasteiger partial charge < -0.3 is 9.64 Å². The molecule has 23 heavy (non-hydrogen) atoms. The van der Waals surface area contributed by atoms with Crippen LogP contribution < -0.4 is 15.2 Å². The van der Waals surface area contributed by atoms with E-state index >= 15 is 0 Å². The number of rotatable bonds is 2. The second kappa shape index (κ2) is 5.34. The molecular formula is C16H14FN3O2S. The fourth-order valence-corrected chi connectivity index (χ4v) is 3.68. The fourth-order valence-electron chi connectivity index (χ4n) is 2.79. The first-order valence-electron chi connectivity index (χ1n) is 7.26. The number of aryl methyl sites for hydroxylation is 1. The lowest BCUT2D eigenvalue weighted by Crippen LogP contribution is -2.33. The lowest BCUT2D eigenvalue weighted by molar-refractivity contribution is 0.305. The van der Waals surface area contributed by atoms with Crippen molar-refractivity contribution in [3.8, 4) is 5.75 Å². The van der Waals surface area contributed by atoms with Gasteiger partial charge in [0.05, 0.1) is 24.5 Å². The van der Waals surface area contributed by atoms with Gasteiger partial charge in [0, 0.05) is 23.2 Å². The first kappa shape index (κ1) is 14.2. The molecular weight excluding hydrogens is 317 g/mol. The van der Waals surface area contributed by atoms with E-state index in [-0.39, 0.29) is 11.4 Å². The average Bonchev–Trinajstić information content (AvgIpc) is 2.89. The number of hydrogen-bond donors (Lipinski definition) is 0. The summed E-state index contributed by atoms with van der Waals surface area (Å²) in [5, 5.41) is 1.92. The molecule has 0 fully saturated rings. The van der Waals surface area contributed by atoms with Gasteiger partial charge in [0.25, 0.3) is 5.56 Å². The van der Waals surface area contributed by atoms with Crippen LogP contribution in [0.15, 0.2) is 34.4 Å². The van der Waals surface area contributed by atoms with Crippen molar-refractivity contribution in [2.24, 2.45) is 0 Å². The molecule has 0 unspecified atom stereocenters. The highest BCUT2D eigenvalue weighted by Gasteiger charge is 2.20. The minimum Gasteiger partial charge on any atom is -0.489 e. The van der Waals surface area contributed by atoms with Gasteiger partial charge in [0.1, 0.15) is 18.2 Å². The van der Waals surface area contributed by atoms with Crippen molar-refractivity contribution in [2.75, 3.05) is 18.1 Å². The zero-order chi connectivity index (χ0) is 16.0. The molecule has 2 aromatic heterocycles. The van der Waals surface area contributed by atoms with Crippen molar-refractivity contribution in [3.63, 3.8) is 0 Å². The van der Waals surface area contributed by atoms with Gasteiger partial charge in [-0.2, -0.15) is 0 Å². The Labute approximate surface area is 135 Å². The van der Waals surface area contributed by atoms with E-state index in [0.717, 1.165) is 11.4 Å². The Kier molecular flexibility index (Phi) is 3.30. The van der Waals surface area contributed by atoms with Crippen LogP contribution in [0.25, 0.3) is 4.96 Å². The van der Waals surface area contributed by atoms with Gasteiger partial charge in [0.15, 0.2) is 4.96 Å². The van der Waals surface area contributed by atoms with Crippen molar-refractivity contribution < 1.29 is 9.13 Å². The van der Waals surface area contributed by atoms with E-state index < -0.39 is 0 Å². The van der Waals surface area contributed by atoms with Crippen LogP contribution in [-0.2, 0) is 6.54 Å². The van der Waals surface area contributed by atoms with Crippen LogP contribution in [0.1, 0.15) is 11.4 Å². The lowest BCUT2D eigenvalue weighted by atomic mass is 10.2. The molecule has 0 radical (unpaired) electrons. The maximum Gasteiger partial charge on any atom is 0.259 e. The second-order valence-electron chi connectivity index (χ2n) is 5.46. The Hall–Kier alpha value is -2.41. The summed E-state index contributed by atoms with van der Waals surface area (Å²) in [6.07, 6.45) is 0. The summed E-state index contributed by atoms with van der Waals surface area (Å²) in [6.45, 7) is 3.53. The predicted molar refractivity (Wildman–Crippen MR) is 87.0 cm³/mol. The standard InChI is InChI=1S/C16H14FN3O2S/c1-10-9-23-16-18-12(7-15(21)20(10)16)8-19-4-5-22-14-6-11(17)2-3-13(14)19/h2-3,6-7,9H,4-5,8H2,1H3. The summed E-state index contributed by atoms with van der Waals surface area (Å²) in [5.41, 5.74) is 2.34. The summed E-state index contributed by atoms with van der Waals surface area (Å²) >= 11 is 1.45. The van der Waals surface area contributed by atoms with Gasteiger partial charge in [-0.1, -0.05) is 0 Å². The van der Waals surface area contributed by atoms with E-state index in [2.05, 4.69) is 9.88 Å². The Balaban J connectivity index is 1.71. The Morgan fingerprint density at radius 2 is 2.26 bits per heavy atom. The van der Waals surface area contributed by atoms with Gasteiger partial charge in [-0.15, -0.1) is 11.3 Å². The van der Waals surface area contributed by atoms with Crippen LogP contribution in [-0.4, -0.2) is 22.5 Å². The fraction of sp³-hybridized carbons (Fsp3) is 0.250. The monoisotopic (exact) mass is 331 g/mol. The number of anilines is 1. The summed E-state index contributed by atoms with van der Waals surface area (Å²) in [5.74, 6) is 0.207. The zero-order valence-corrected chi connectivity index (χ0v) is 13.3. The van der Waals surface area contributed by atoms with Crippen molar-refractivity contribution in [1.82, 2.24) is 9.38 Å². The molecule has 0 aliphatic carbocycles. The van der Waals surface area contributed by atoms with E-state index in [1.165, 1.54) is 23.5 Å². The largest absolute Gasteiger partial charge is 0.489 e. The first-order chi connectivity index (χ1) is 11.1. The predicted octanol–water partition coefficient (Wildman–Crippen LogP) is 2.60. The van der Waals surface area contributed by atoms with Gasteiger partial charge in [-0.25, -0.2) is 9.37 Å². The number of hydrogen-bond acceptors (Lipinski definition) is 5. The molecule has 0 spiro atoms. The Morgan fingerprint density at radius 1 is 1.39 bits per heavy atom. The third-order valence-electron chi connectivity index (χ3n) is 3.86. The highest BCUT2D eigenvalue weighted by Crippen LogP contribution is 2.32. The van der Waals surface area contributed by atoms with E-state index in [0.29, 0.717) is 36.1 Å². The van der Waals surface area contributed by atoms with Gasteiger partial charge in [0.2, 0.25) is 0 Å². The van der Waals surface area contributed by atoms with Crippen LogP contribution >= 0.6 is 11.3 Å². The van der Waals surface area contributed by atoms with Crippen molar-refractivity contribution in [3.05, 3.63) is 57.2 Å². The molecule has 4 rings (SSSR count). The number of benzene rings is 1. The maximum atomic E-state index is 13.3. The third kappa shape index (κ3) is 2.46. The van der Waals surface area contributed by atoms with E-state index in [1.54, 1.807) is 16.5 Å². The summed E-state index contributed by atoms with van der Waals surface area (Å²) in [6, 6.07) is 6.06. The van der Waals surface area contributed by atoms with Crippen LogP contribution in [0.3, 0.4) is 0 Å². The van der Waals surface area contributed by atoms with Crippen LogP contribution in [0, 0.1) is 12.7 Å². The summed E-state index contributed by atoms with van der Waals surface area (Å²) in [7, 11) is 0. The number of thiazole rings is 1. The van der Waals surface area contributed by atoms with Crippen molar-refractivity contribution >= 4 is 22.0 Å². The van der Waals surface area contributed by atoms with Gasteiger partial charge >= 0.3 is 0 Å². The second-order valence-corrected chi connectivity index (χ2v) is 6.30. The highest BCUT2D eigenvalue weighted by atomic mass is 32.1. The molecule has 5 nitrogen and oxygen atoms in total. The SMILES string of the molecule is Cc1csc2nc(CN3CCOc4cc(F)ccc43)cc(=O)n12. The maximum absolute atomic E-state index is 13.3. The van der Waals surface area contributed by atoms with Crippen molar-refractivity contribution in [1.29, 1.82) is 0 Å². The molecule has 0 saturated carbocycles. The molecule has 0 bridgehead atoms. The van der Waals surface area contributed by atoms with E-state index in [9.17, 15) is 9.18 Å². The molecule has 0 atom stereocenters. The normalized spacial score (nSPS) is 13.9. The van der Waals surface area contributed by atoms with E-state index in [4.69, 9.17) is 4.74 Å². The minimum atomic E-state index is -0.322. The van der Waals surface area contributed by atoms with Gasteiger partial charge in [-0.3, -0.25) is 9.20 Å². The molecule has 0 N–H and O–H groups in total. The highest BCUT2D eigenvalue weighted by molar-refractivity contribution is 7.15. The number of aromatic nitrogens is 2. The van der Waals surface area contributed by atoms with Crippen LogP contribution in [0.4, 0.5) is 10.1 Å². The summed E-state index contributed by atoms with van der Waals surface area (Å²) in [4.78, 5) is 19.6. The number of ether oxygens (including phenoxy) is 1. The first-order valence-corrected chi connectivity index (χ1v) is 8.14. The smallest absolute Gasteiger partial charge is 0.259 e. The number of nitrogens with zero attached hydrogens (tertiary/aromatic N) is 3. The van der Waals surface area contributed by atoms with Crippen LogP contribution in [0.5, 0.6) is 5.75 Å². The molecule has 0 amide bonds. The van der Waals surface area contributed by atoms with Gasteiger partial charge in [-0.05, 0) is 19.1 Å². The Bertz CT molecular complexity index is 950. The quantitative estimate of drug-likeness (QED) is 0.724. The molecule has 118 valence electrons. The van der Waals surface area contributed by atoms with E-state index in [1.807, 2.05) is 12.3 Å². The molecule has 1 aromatic carbocycles. The topological polar surface area (TPSA) is 46.8 Å². The molecule has 1 aliphatic rings. The number of halogens is 1. The summed E-state index contributed by atoms with van der Waals surface area (Å²) < 4.78 is 20.4. The molecule has 3 aromatic rings. The molecule has 0 saturated heterocycles.